The molecule has 92 valence electrons. The van der Waals surface area contributed by atoms with Gasteiger partial charge in [0.25, 0.3) is 0 Å². The van der Waals surface area contributed by atoms with Gasteiger partial charge in [0.1, 0.15) is 5.60 Å². The van der Waals surface area contributed by atoms with Gasteiger partial charge in [-0.05, 0) is 57.2 Å². The van der Waals surface area contributed by atoms with E-state index in [1.54, 1.807) is 0 Å². The Balaban J connectivity index is 2.26. The first-order valence-electron chi connectivity index (χ1n) is 6.29. The minimum Gasteiger partial charge on any atom is -0.367 e. The molecule has 1 aliphatic heterocycles. The molecular formula is C15H20O2. The second-order valence-corrected chi connectivity index (χ2v) is 5.16. The lowest BCUT2D eigenvalue weighted by Gasteiger charge is -2.32. The number of hydrogen-bond acceptors (Lipinski definition) is 2. The van der Waals surface area contributed by atoms with Crippen molar-refractivity contribution in [1.29, 1.82) is 0 Å². The Labute approximate surface area is 103 Å². The summed E-state index contributed by atoms with van der Waals surface area (Å²) < 4.78 is 5.70. The quantitative estimate of drug-likeness (QED) is 0.730. The number of Topliss-reactive ketones (excluding diaryl/α,β-unsaturated/α-hetero) is 1. The molecule has 1 atom stereocenters. The predicted octanol–water partition coefficient (Wildman–Crippen LogP) is 3.45. The van der Waals surface area contributed by atoms with Crippen molar-refractivity contribution in [3.8, 4) is 0 Å². The van der Waals surface area contributed by atoms with Gasteiger partial charge in [0.15, 0.2) is 5.78 Å². The second kappa shape index (κ2) is 4.61. The zero-order valence-electron chi connectivity index (χ0n) is 10.9. The van der Waals surface area contributed by atoms with Gasteiger partial charge in [-0.2, -0.15) is 0 Å². The SMILES string of the molecule is Cc1ccc(C(=O)C2(C)CCCCO2)cc1C. The van der Waals surface area contributed by atoms with Gasteiger partial charge >= 0.3 is 0 Å². The third-order valence-corrected chi connectivity index (χ3v) is 3.72. The van der Waals surface area contributed by atoms with Crippen LogP contribution in [0.2, 0.25) is 0 Å². The van der Waals surface area contributed by atoms with Crippen LogP contribution in [0.5, 0.6) is 0 Å². The average molecular weight is 232 g/mol. The molecule has 1 aromatic carbocycles. The molecule has 2 heteroatoms. The van der Waals surface area contributed by atoms with Crippen LogP contribution in [0.4, 0.5) is 0 Å². The molecule has 1 aliphatic rings. The average Bonchev–Trinajstić information content (AvgIpc) is 2.33. The standard InChI is InChI=1S/C15H20O2/c1-11-6-7-13(10-12(11)2)14(16)15(3)8-4-5-9-17-15/h6-7,10H,4-5,8-9H2,1-3H3. The van der Waals surface area contributed by atoms with Crippen molar-refractivity contribution < 1.29 is 9.53 Å². The van der Waals surface area contributed by atoms with E-state index in [-0.39, 0.29) is 5.78 Å². The molecule has 1 unspecified atom stereocenters. The third kappa shape index (κ3) is 2.42. The Hall–Kier alpha value is -1.15. The van der Waals surface area contributed by atoms with E-state index in [1.165, 1.54) is 5.56 Å². The highest BCUT2D eigenvalue weighted by Crippen LogP contribution is 2.28. The maximum atomic E-state index is 12.5. The first-order chi connectivity index (χ1) is 8.03. The minimum absolute atomic E-state index is 0.125. The van der Waals surface area contributed by atoms with Crippen molar-refractivity contribution in [3.05, 3.63) is 34.9 Å². The number of rotatable bonds is 2. The predicted molar refractivity (Wildman–Crippen MR) is 68.5 cm³/mol. The molecule has 0 bridgehead atoms. The van der Waals surface area contributed by atoms with E-state index in [0.29, 0.717) is 6.61 Å². The molecule has 2 nitrogen and oxygen atoms in total. The Morgan fingerprint density at radius 2 is 2.00 bits per heavy atom. The lowest BCUT2D eigenvalue weighted by Crippen LogP contribution is -2.41. The summed E-state index contributed by atoms with van der Waals surface area (Å²) in [4.78, 5) is 12.5. The van der Waals surface area contributed by atoms with Crippen LogP contribution in [-0.2, 0) is 4.74 Å². The number of ether oxygens (including phenoxy) is 1. The fourth-order valence-electron chi connectivity index (χ4n) is 2.30. The van der Waals surface area contributed by atoms with Gasteiger partial charge < -0.3 is 4.74 Å². The molecular weight excluding hydrogens is 212 g/mol. The number of benzene rings is 1. The van der Waals surface area contributed by atoms with E-state index in [0.717, 1.165) is 30.4 Å². The highest BCUT2D eigenvalue weighted by atomic mass is 16.5. The first-order valence-corrected chi connectivity index (χ1v) is 6.29. The molecule has 1 saturated heterocycles. The fraction of sp³-hybridized carbons (Fsp3) is 0.533. The highest BCUT2D eigenvalue weighted by Gasteiger charge is 2.36. The van der Waals surface area contributed by atoms with Gasteiger partial charge in [-0.25, -0.2) is 0 Å². The Morgan fingerprint density at radius 3 is 2.59 bits per heavy atom. The van der Waals surface area contributed by atoms with E-state index in [2.05, 4.69) is 6.92 Å². The molecule has 1 aromatic rings. The molecule has 0 spiro atoms. The van der Waals surface area contributed by atoms with Crippen LogP contribution in [0.3, 0.4) is 0 Å². The summed E-state index contributed by atoms with van der Waals surface area (Å²) in [6, 6.07) is 5.89. The van der Waals surface area contributed by atoms with Gasteiger partial charge in [0.2, 0.25) is 0 Å². The lowest BCUT2D eigenvalue weighted by atomic mass is 9.87. The van der Waals surface area contributed by atoms with Crippen LogP contribution in [-0.4, -0.2) is 18.0 Å². The molecule has 0 saturated carbocycles. The lowest BCUT2D eigenvalue weighted by molar-refractivity contribution is -0.0426. The number of carbonyl (C=O) groups excluding carboxylic acids is 1. The summed E-state index contributed by atoms with van der Waals surface area (Å²) in [7, 11) is 0. The van der Waals surface area contributed by atoms with E-state index < -0.39 is 5.60 Å². The molecule has 0 N–H and O–H groups in total. The van der Waals surface area contributed by atoms with Crippen LogP contribution >= 0.6 is 0 Å². The van der Waals surface area contributed by atoms with E-state index in [1.807, 2.05) is 32.0 Å². The van der Waals surface area contributed by atoms with Crippen molar-refractivity contribution in [1.82, 2.24) is 0 Å². The summed E-state index contributed by atoms with van der Waals surface area (Å²) in [6.45, 7) is 6.72. The van der Waals surface area contributed by atoms with Crippen LogP contribution < -0.4 is 0 Å². The molecule has 1 heterocycles. The Bertz CT molecular complexity index is 429. The van der Waals surface area contributed by atoms with Crippen LogP contribution in [0.25, 0.3) is 0 Å². The maximum Gasteiger partial charge on any atom is 0.194 e. The van der Waals surface area contributed by atoms with Crippen molar-refractivity contribution in [3.63, 3.8) is 0 Å². The smallest absolute Gasteiger partial charge is 0.194 e. The summed E-state index contributed by atoms with van der Waals surface area (Å²) >= 11 is 0. The summed E-state index contributed by atoms with van der Waals surface area (Å²) in [6.07, 6.45) is 2.97. The second-order valence-electron chi connectivity index (χ2n) is 5.16. The normalized spacial score (nSPS) is 24.6. The third-order valence-electron chi connectivity index (χ3n) is 3.72. The maximum absolute atomic E-state index is 12.5. The van der Waals surface area contributed by atoms with E-state index in [9.17, 15) is 4.79 Å². The van der Waals surface area contributed by atoms with E-state index >= 15 is 0 Å². The summed E-state index contributed by atoms with van der Waals surface area (Å²) in [5.74, 6) is 0.125. The molecule has 1 fully saturated rings. The topological polar surface area (TPSA) is 26.3 Å². The Morgan fingerprint density at radius 1 is 1.24 bits per heavy atom. The molecule has 0 amide bonds. The number of ketones is 1. The monoisotopic (exact) mass is 232 g/mol. The van der Waals surface area contributed by atoms with Crippen LogP contribution in [0, 0.1) is 13.8 Å². The zero-order chi connectivity index (χ0) is 12.5. The van der Waals surface area contributed by atoms with Crippen molar-refractivity contribution >= 4 is 5.78 Å². The number of aryl methyl sites for hydroxylation is 2. The summed E-state index contributed by atoms with van der Waals surface area (Å²) in [5, 5.41) is 0. The first kappa shape index (κ1) is 12.3. The zero-order valence-corrected chi connectivity index (χ0v) is 10.9. The van der Waals surface area contributed by atoms with Crippen LogP contribution in [0.1, 0.15) is 47.7 Å². The number of carbonyl (C=O) groups is 1. The van der Waals surface area contributed by atoms with Gasteiger partial charge in [0.05, 0.1) is 0 Å². The van der Waals surface area contributed by atoms with Crippen molar-refractivity contribution in [2.75, 3.05) is 6.61 Å². The molecule has 0 aliphatic carbocycles. The van der Waals surface area contributed by atoms with Gasteiger partial charge in [-0.1, -0.05) is 12.1 Å². The molecule has 0 aromatic heterocycles. The fourth-order valence-corrected chi connectivity index (χ4v) is 2.30. The summed E-state index contributed by atoms with van der Waals surface area (Å²) in [5.41, 5.74) is 2.55. The largest absolute Gasteiger partial charge is 0.367 e. The molecule has 17 heavy (non-hydrogen) atoms. The number of hydrogen-bond donors (Lipinski definition) is 0. The van der Waals surface area contributed by atoms with Crippen molar-refractivity contribution in [2.45, 2.75) is 45.6 Å². The van der Waals surface area contributed by atoms with E-state index in [4.69, 9.17) is 4.74 Å². The minimum atomic E-state index is -0.611. The molecule has 2 rings (SSSR count). The van der Waals surface area contributed by atoms with Crippen LogP contribution in [0.15, 0.2) is 18.2 Å². The highest BCUT2D eigenvalue weighted by molar-refractivity contribution is 6.02. The van der Waals surface area contributed by atoms with Gasteiger partial charge in [-0.3, -0.25) is 4.79 Å². The van der Waals surface area contributed by atoms with Gasteiger partial charge in [0, 0.05) is 12.2 Å². The molecule has 0 radical (unpaired) electrons. The van der Waals surface area contributed by atoms with Gasteiger partial charge in [-0.15, -0.1) is 0 Å². The van der Waals surface area contributed by atoms with Crippen molar-refractivity contribution in [2.24, 2.45) is 0 Å². The Kier molecular flexibility index (Phi) is 3.34.